The van der Waals surface area contributed by atoms with Crippen LogP contribution in [0.5, 0.6) is 0 Å². The molecule has 2 aromatic heterocycles. The monoisotopic (exact) mass is 1330 g/mol. The second kappa shape index (κ2) is 34.5. The molecule has 0 saturated heterocycles. The molecule has 3 aromatic carbocycles. The molecule has 0 N–H and O–H groups in total. The van der Waals surface area contributed by atoms with E-state index in [2.05, 4.69) is 71.7 Å². The molecule has 0 bridgehead atoms. The van der Waals surface area contributed by atoms with Crippen LogP contribution in [0, 0.1) is 11.6 Å². The predicted molar refractivity (Wildman–Crippen MR) is 340 cm³/mol. The molecule has 434 valence electrons. The van der Waals surface area contributed by atoms with Crippen LogP contribution in [0.2, 0.25) is 0 Å². The van der Waals surface area contributed by atoms with Gasteiger partial charge in [-0.25, -0.2) is 0 Å². The normalized spacial score (nSPS) is 14.1. The summed E-state index contributed by atoms with van der Waals surface area (Å²) in [5.41, 5.74) is 8.01. The predicted octanol–water partition coefficient (Wildman–Crippen LogP) is 23.3. The molecule has 78 heavy (non-hydrogen) atoms. The van der Waals surface area contributed by atoms with Gasteiger partial charge in [-0.05, 0) is 0 Å². The van der Waals surface area contributed by atoms with Crippen molar-refractivity contribution in [1.82, 2.24) is 15.9 Å². The third-order valence-electron chi connectivity index (χ3n) is 18.7. The van der Waals surface area contributed by atoms with Gasteiger partial charge in [-0.1, -0.05) is 130 Å². The first-order valence-electron chi connectivity index (χ1n) is 32.8. The fraction of sp³-hybridized carbons (Fsp3) is 0.735. The molecule has 0 spiro atoms. The summed E-state index contributed by atoms with van der Waals surface area (Å²) >= 11 is 7.34. The second-order valence-corrected chi connectivity index (χ2v) is 28.4. The Morgan fingerprint density at radius 3 is 0.782 bits per heavy atom. The minimum absolute atomic E-state index is 0.185. The van der Waals surface area contributed by atoms with Gasteiger partial charge in [0.05, 0.1) is 0 Å². The van der Waals surface area contributed by atoms with Gasteiger partial charge in [0.2, 0.25) is 0 Å². The van der Waals surface area contributed by atoms with Crippen LogP contribution in [-0.2, 0) is 10.8 Å². The average molecular weight is 1330 g/mol. The minimum Gasteiger partial charge on any atom is -0.0654 e. The van der Waals surface area contributed by atoms with E-state index in [1.54, 1.807) is 0 Å². The van der Waals surface area contributed by atoms with Gasteiger partial charge in [0.1, 0.15) is 0 Å². The molecule has 0 aliphatic heterocycles. The van der Waals surface area contributed by atoms with E-state index in [1.807, 2.05) is 0 Å². The Bertz CT molecular complexity index is 2330. The van der Waals surface area contributed by atoms with Gasteiger partial charge >= 0.3 is 376 Å². The molecular weight excluding hydrogens is 1230 g/mol. The molecule has 2 heterocycles. The zero-order chi connectivity index (χ0) is 55.0. The first kappa shape index (κ1) is 64.3. The maximum atomic E-state index is 19.7. The molecule has 0 atom stereocenters. The van der Waals surface area contributed by atoms with Crippen LogP contribution in [0.4, 0.5) is 8.78 Å². The Kier molecular flexibility index (Phi) is 28.4. The third-order valence-corrected chi connectivity index (χ3v) is 22.1. The fourth-order valence-corrected chi connectivity index (χ4v) is 18.3. The van der Waals surface area contributed by atoms with Crippen LogP contribution < -0.4 is 0 Å². The van der Waals surface area contributed by atoms with Crippen LogP contribution >= 0.6 is 31.9 Å². The minimum atomic E-state index is -0.684. The van der Waals surface area contributed by atoms with E-state index >= 15 is 8.78 Å². The van der Waals surface area contributed by atoms with E-state index in [4.69, 9.17) is 15.9 Å². The summed E-state index contributed by atoms with van der Waals surface area (Å²) in [7, 11) is 0. The summed E-state index contributed by atoms with van der Waals surface area (Å²) in [6, 6.07) is 4.51. The van der Waals surface area contributed by atoms with Crippen molar-refractivity contribution >= 4 is 83.9 Å². The van der Waals surface area contributed by atoms with Gasteiger partial charge in [-0.3, -0.25) is 0 Å². The molecule has 0 fully saturated rings. The van der Waals surface area contributed by atoms with Crippen molar-refractivity contribution in [3.8, 4) is 22.3 Å². The number of benzene rings is 3. The van der Waals surface area contributed by atoms with Gasteiger partial charge in [0.25, 0.3) is 0 Å². The van der Waals surface area contributed by atoms with Crippen LogP contribution in [0.15, 0.2) is 21.1 Å². The van der Waals surface area contributed by atoms with E-state index in [0.717, 1.165) is 130 Å². The Balaban J connectivity index is 1.30. The quantitative estimate of drug-likeness (QED) is 0.0288. The molecule has 4 nitrogen and oxygen atoms in total. The van der Waals surface area contributed by atoms with Crippen LogP contribution in [0.1, 0.15) is 332 Å². The van der Waals surface area contributed by atoms with Crippen LogP contribution in [0.3, 0.4) is 0 Å². The molecule has 2 aliphatic rings. The van der Waals surface area contributed by atoms with E-state index < -0.39 is 10.8 Å². The molecule has 0 unspecified atom stereocenters. The van der Waals surface area contributed by atoms with E-state index in [1.165, 1.54) is 205 Å². The van der Waals surface area contributed by atoms with E-state index in [-0.39, 0.29) is 41.6 Å². The zero-order valence-electron chi connectivity index (χ0n) is 49.4. The van der Waals surface area contributed by atoms with Crippen molar-refractivity contribution in [3.63, 3.8) is 0 Å². The van der Waals surface area contributed by atoms with Crippen LogP contribution in [0.25, 0.3) is 44.3 Å². The number of halogens is 4. The summed E-state index contributed by atoms with van der Waals surface area (Å²) in [5.74, 6) is -0.369. The molecule has 10 heteroatoms. The summed E-state index contributed by atoms with van der Waals surface area (Å²) in [6.45, 7) is 9.16. The van der Waals surface area contributed by atoms with Gasteiger partial charge in [-0.15, -0.1) is 0 Å². The zero-order valence-corrected chi connectivity index (χ0v) is 56.0. The number of nitrogens with zero attached hydrogens (tertiary/aromatic N) is 4. The van der Waals surface area contributed by atoms with Gasteiger partial charge in [0.15, 0.2) is 0 Å². The Labute approximate surface area is 502 Å². The average Bonchev–Trinajstić information content (AvgIpc) is 4.37. The van der Waals surface area contributed by atoms with Crippen molar-refractivity contribution in [2.75, 3.05) is 0 Å². The molecule has 0 amide bonds. The third kappa shape index (κ3) is 16.1. The first-order chi connectivity index (χ1) is 38.3. The molecule has 0 saturated carbocycles. The van der Waals surface area contributed by atoms with Crippen molar-refractivity contribution in [3.05, 3.63) is 55.0 Å². The summed E-state index contributed by atoms with van der Waals surface area (Å²) in [4.78, 5) is 0. The van der Waals surface area contributed by atoms with Crippen molar-refractivity contribution in [2.24, 2.45) is 0 Å². The SMILES string of the molecule is CCCCCCCCCCCCC1(CCCCCCCCCCCC)c2cc(Br)c3n[se]nc3c2-c2c(F)c3c(c(F)c21)-c1c(cc(Br)c2n[se]nc12)C3(CCCCCCCCCCCC)CCCCCCCCCCCC. The maximum absolute atomic E-state index is 19.7. The Morgan fingerprint density at radius 2 is 0.538 bits per heavy atom. The van der Waals surface area contributed by atoms with Crippen molar-refractivity contribution in [2.45, 2.75) is 321 Å². The number of rotatable bonds is 44. The number of hydrogen-bond acceptors (Lipinski definition) is 4. The molecule has 7 rings (SSSR count). The van der Waals surface area contributed by atoms with E-state index in [9.17, 15) is 0 Å². The Morgan fingerprint density at radius 1 is 0.321 bits per heavy atom. The van der Waals surface area contributed by atoms with Crippen molar-refractivity contribution < 1.29 is 8.78 Å². The fourth-order valence-electron chi connectivity index (χ4n) is 14.3. The van der Waals surface area contributed by atoms with Gasteiger partial charge in [-0.2, -0.15) is 0 Å². The topological polar surface area (TPSA) is 51.6 Å². The molecule has 0 radical (unpaired) electrons. The number of fused-ring (bicyclic) bond motifs is 10. The number of aromatic nitrogens is 4. The summed E-state index contributed by atoms with van der Waals surface area (Å²) in [6.07, 6.45) is 52.9. The summed E-state index contributed by atoms with van der Waals surface area (Å²) in [5, 5.41) is 0. The molecule has 5 aromatic rings. The van der Waals surface area contributed by atoms with Crippen molar-refractivity contribution in [1.29, 1.82) is 0 Å². The van der Waals surface area contributed by atoms with E-state index in [0.29, 0.717) is 22.3 Å². The number of hydrogen-bond donors (Lipinski definition) is 0. The standard InChI is InChI=1S/C68H102Br2F2N4Se2/c1-5-9-13-17-21-25-29-33-37-41-45-67(46-42-38-34-30-26-22-18-14-10-6-2)51-49-53(69)63-65(75-77-73-63)55(51)57-59(67)61(71)58-56-52(50-54(70)64-66(56)76-78-74-64)68(60(58)62(57)72,47-43-39-35-31-27-23-19-15-11-7-3)48-44-40-36-32-28-24-20-16-12-8-4/h49-50H,5-48H2,1-4H3. The first-order valence-corrected chi connectivity index (χ1v) is 37.4. The van der Waals surface area contributed by atoms with Crippen LogP contribution in [-0.4, -0.2) is 45.8 Å². The molecule has 2 aliphatic carbocycles. The summed E-state index contributed by atoms with van der Waals surface area (Å²) < 4.78 is 61.6. The Hall–Kier alpha value is -1.28. The van der Waals surface area contributed by atoms with Gasteiger partial charge < -0.3 is 0 Å². The van der Waals surface area contributed by atoms with Gasteiger partial charge in [0, 0.05) is 0 Å². The number of unbranched alkanes of at least 4 members (excludes halogenated alkanes) is 36. The smallest absolute Gasteiger partial charge is 0.0654 e. The molecular formula is C68H102Br2F2N4Se2. The second-order valence-electron chi connectivity index (χ2n) is 24.5.